The molecule has 0 aromatic carbocycles. The third kappa shape index (κ3) is 1.80. The van der Waals surface area contributed by atoms with Crippen molar-refractivity contribution < 1.29 is 4.74 Å². The molecule has 0 radical (unpaired) electrons. The lowest BCUT2D eigenvalue weighted by molar-refractivity contribution is 0.0956. The zero-order chi connectivity index (χ0) is 9.97. The fourth-order valence-corrected chi connectivity index (χ4v) is 1.34. The van der Waals surface area contributed by atoms with Gasteiger partial charge >= 0.3 is 0 Å². The summed E-state index contributed by atoms with van der Waals surface area (Å²) in [5.41, 5.74) is 5.93. The zero-order valence-electron chi connectivity index (χ0n) is 7.55. The minimum Gasteiger partial charge on any atom is -0.474 e. The Morgan fingerprint density at radius 1 is 1.50 bits per heavy atom. The Balaban J connectivity index is 2.00. The molecule has 1 aromatic rings. The van der Waals surface area contributed by atoms with E-state index in [4.69, 9.17) is 15.7 Å². The van der Waals surface area contributed by atoms with E-state index in [1.165, 1.54) is 12.4 Å². The first-order valence-electron chi connectivity index (χ1n) is 4.42. The predicted molar refractivity (Wildman–Crippen MR) is 48.4 cm³/mol. The highest BCUT2D eigenvalue weighted by atomic mass is 16.5. The molecule has 1 aromatic heterocycles. The molecule has 1 aliphatic carbocycles. The molecule has 1 aliphatic rings. The minimum atomic E-state index is 0.145. The number of ether oxygens (including phenoxy) is 1. The van der Waals surface area contributed by atoms with Gasteiger partial charge in [0, 0.05) is 12.1 Å². The molecule has 0 saturated heterocycles. The van der Waals surface area contributed by atoms with Crippen LogP contribution in [0, 0.1) is 11.3 Å². The zero-order valence-corrected chi connectivity index (χ0v) is 7.55. The fraction of sp³-hybridized carbons (Fsp3) is 0.444. The minimum absolute atomic E-state index is 0.145. The topological polar surface area (TPSA) is 84.8 Å². The predicted octanol–water partition coefficient (Wildman–Crippen LogP) is 0.217. The molecule has 5 nitrogen and oxygen atoms in total. The van der Waals surface area contributed by atoms with Crippen LogP contribution in [0.15, 0.2) is 12.4 Å². The van der Waals surface area contributed by atoms with E-state index in [1.54, 1.807) is 0 Å². The van der Waals surface area contributed by atoms with E-state index in [9.17, 15) is 0 Å². The summed E-state index contributed by atoms with van der Waals surface area (Å²) >= 11 is 0. The van der Waals surface area contributed by atoms with E-state index < -0.39 is 0 Å². The highest BCUT2D eigenvalue weighted by Crippen LogP contribution is 2.23. The Bertz CT molecular complexity index is 367. The van der Waals surface area contributed by atoms with Crippen LogP contribution in [0.4, 0.5) is 0 Å². The second-order valence-corrected chi connectivity index (χ2v) is 3.32. The summed E-state index contributed by atoms with van der Waals surface area (Å²) in [6.07, 6.45) is 3.18. The van der Waals surface area contributed by atoms with Gasteiger partial charge < -0.3 is 10.5 Å². The molecule has 2 rings (SSSR count). The Labute approximate surface area is 81.5 Å². The molecule has 1 fully saturated rings. The van der Waals surface area contributed by atoms with E-state index in [0.717, 1.165) is 12.8 Å². The molecule has 0 spiro atoms. The first kappa shape index (κ1) is 8.91. The summed E-state index contributed by atoms with van der Waals surface area (Å²) in [6, 6.07) is 3.71. The van der Waals surface area contributed by atoms with Gasteiger partial charge in [-0.1, -0.05) is 0 Å². The van der Waals surface area contributed by atoms with Gasteiger partial charge in [0.05, 0.1) is 0 Å². The van der Waals surface area contributed by atoms with Crippen LogP contribution in [0.2, 0.25) is 0 Å². The van der Waals surface area contributed by atoms with Crippen LogP contribution < -0.4 is 10.5 Å². The Morgan fingerprint density at radius 3 is 2.93 bits per heavy atom. The van der Waals surface area contributed by atoms with Crippen molar-refractivity contribution in [2.75, 3.05) is 0 Å². The van der Waals surface area contributed by atoms with Crippen molar-refractivity contribution in [1.82, 2.24) is 9.97 Å². The molecule has 72 valence electrons. The van der Waals surface area contributed by atoms with Gasteiger partial charge in [-0.25, -0.2) is 9.97 Å². The smallest absolute Gasteiger partial charge is 0.217 e. The lowest BCUT2D eigenvalue weighted by Crippen LogP contribution is -2.43. The number of hydrogen-bond acceptors (Lipinski definition) is 5. The third-order valence-electron chi connectivity index (χ3n) is 2.18. The van der Waals surface area contributed by atoms with Crippen LogP contribution in [0.1, 0.15) is 18.5 Å². The van der Waals surface area contributed by atoms with E-state index >= 15 is 0 Å². The summed E-state index contributed by atoms with van der Waals surface area (Å²) in [5, 5.41) is 8.59. The second-order valence-electron chi connectivity index (χ2n) is 3.32. The van der Waals surface area contributed by atoms with Gasteiger partial charge in [0.1, 0.15) is 24.2 Å². The highest BCUT2D eigenvalue weighted by molar-refractivity contribution is 5.24. The van der Waals surface area contributed by atoms with E-state index in [-0.39, 0.29) is 12.1 Å². The summed E-state index contributed by atoms with van der Waals surface area (Å²) in [7, 11) is 0. The van der Waals surface area contributed by atoms with Crippen molar-refractivity contribution in [2.45, 2.75) is 25.0 Å². The van der Waals surface area contributed by atoms with Gasteiger partial charge in [-0.3, -0.25) is 0 Å². The van der Waals surface area contributed by atoms with Gasteiger partial charge in [-0.05, 0) is 12.8 Å². The second kappa shape index (κ2) is 3.60. The van der Waals surface area contributed by atoms with Crippen molar-refractivity contribution in [3.63, 3.8) is 0 Å². The van der Waals surface area contributed by atoms with Crippen LogP contribution in [-0.2, 0) is 0 Å². The number of nitrogens with zero attached hydrogens (tertiary/aromatic N) is 3. The van der Waals surface area contributed by atoms with Crippen LogP contribution in [0.3, 0.4) is 0 Å². The average Bonchev–Trinajstić information content (AvgIpc) is 2.16. The molecule has 2 N–H and O–H groups in total. The van der Waals surface area contributed by atoms with Gasteiger partial charge in [-0.2, -0.15) is 5.26 Å². The van der Waals surface area contributed by atoms with Crippen LogP contribution in [-0.4, -0.2) is 22.1 Å². The van der Waals surface area contributed by atoms with Crippen LogP contribution in [0.5, 0.6) is 5.88 Å². The van der Waals surface area contributed by atoms with Crippen molar-refractivity contribution in [3.8, 4) is 11.9 Å². The quantitative estimate of drug-likeness (QED) is 0.720. The Kier molecular flexibility index (Phi) is 2.29. The molecule has 0 aliphatic heterocycles. The highest BCUT2D eigenvalue weighted by Gasteiger charge is 2.27. The van der Waals surface area contributed by atoms with E-state index in [2.05, 4.69) is 9.97 Å². The maximum absolute atomic E-state index is 8.59. The normalized spacial score (nSPS) is 24.9. The summed E-state index contributed by atoms with van der Waals surface area (Å²) in [4.78, 5) is 7.66. The van der Waals surface area contributed by atoms with Gasteiger partial charge in [-0.15, -0.1) is 0 Å². The molecule has 1 heterocycles. The first-order chi connectivity index (χ1) is 6.78. The number of nitrogens with two attached hydrogens (primary N) is 1. The number of aromatic nitrogens is 2. The maximum atomic E-state index is 8.59. The first-order valence-corrected chi connectivity index (χ1v) is 4.42. The maximum Gasteiger partial charge on any atom is 0.217 e. The monoisotopic (exact) mass is 190 g/mol. The molecule has 0 bridgehead atoms. The standard InChI is InChI=1S/C9H10N4O/c10-4-7-3-9(13-5-12-7)14-8-1-6(11)2-8/h3,5-6,8H,1-2,11H2. The number of hydrogen-bond donors (Lipinski definition) is 1. The van der Waals surface area contributed by atoms with Crippen molar-refractivity contribution >= 4 is 0 Å². The summed E-state index contributed by atoms with van der Waals surface area (Å²) in [5.74, 6) is 0.452. The molecule has 14 heavy (non-hydrogen) atoms. The molecule has 0 unspecified atom stereocenters. The summed E-state index contributed by atoms with van der Waals surface area (Å²) in [6.45, 7) is 0. The average molecular weight is 190 g/mol. The number of rotatable bonds is 2. The van der Waals surface area contributed by atoms with Crippen molar-refractivity contribution in [1.29, 1.82) is 5.26 Å². The number of nitriles is 1. The van der Waals surface area contributed by atoms with Crippen LogP contribution >= 0.6 is 0 Å². The Hall–Kier alpha value is -1.67. The SMILES string of the molecule is N#Cc1cc(OC2CC(N)C2)ncn1. The summed E-state index contributed by atoms with van der Waals surface area (Å²) < 4.78 is 5.48. The largest absolute Gasteiger partial charge is 0.474 e. The van der Waals surface area contributed by atoms with E-state index in [0.29, 0.717) is 11.6 Å². The van der Waals surface area contributed by atoms with Gasteiger partial charge in [0.25, 0.3) is 0 Å². The lowest BCUT2D eigenvalue weighted by atomic mass is 9.90. The van der Waals surface area contributed by atoms with Crippen molar-refractivity contribution in [2.24, 2.45) is 5.73 Å². The Morgan fingerprint density at radius 2 is 2.29 bits per heavy atom. The third-order valence-corrected chi connectivity index (χ3v) is 2.18. The molecule has 1 saturated carbocycles. The van der Waals surface area contributed by atoms with Gasteiger partial charge in [0.15, 0.2) is 0 Å². The molecular formula is C9H10N4O. The van der Waals surface area contributed by atoms with Crippen LogP contribution in [0.25, 0.3) is 0 Å². The molecule has 0 atom stereocenters. The fourth-order valence-electron chi connectivity index (χ4n) is 1.34. The molecule has 5 heteroatoms. The lowest BCUT2D eigenvalue weighted by Gasteiger charge is -2.31. The van der Waals surface area contributed by atoms with E-state index in [1.807, 2.05) is 6.07 Å². The molecular weight excluding hydrogens is 180 g/mol. The molecule has 0 amide bonds. The van der Waals surface area contributed by atoms with Gasteiger partial charge in [0.2, 0.25) is 5.88 Å². The van der Waals surface area contributed by atoms with Crippen molar-refractivity contribution in [3.05, 3.63) is 18.1 Å².